The van der Waals surface area contributed by atoms with Gasteiger partial charge in [-0.1, -0.05) is 58.0 Å². The third-order valence-corrected chi connectivity index (χ3v) is 5.22. The third kappa shape index (κ3) is 6.94. The Balaban J connectivity index is 0.000000921. The average molecular weight is 398 g/mol. The maximum absolute atomic E-state index is 12.3. The number of nitrogens with zero attached hydrogens (tertiary/aromatic N) is 2. The van der Waals surface area contributed by atoms with E-state index in [1.54, 1.807) is 19.5 Å². The van der Waals surface area contributed by atoms with Gasteiger partial charge in [-0.25, -0.2) is 9.97 Å². The van der Waals surface area contributed by atoms with E-state index in [2.05, 4.69) is 15.3 Å². The highest BCUT2D eigenvalue weighted by molar-refractivity contribution is 7.70. The monoisotopic (exact) mass is 397 g/mol. The summed E-state index contributed by atoms with van der Waals surface area (Å²) in [5, 5.41) is 4.08. The Morgan fingerprint density at radius 2 is 1.57 bits per heavy atom. The Morgan fingerprint density at radius 1 is 0.893 bits per heavy atom. The first-order valence-electron chi connectivity index (χ1n) is 9.74. The molecule has 0 saturated heterocycles. The van der Waals surface area contributed by atoms with Crippen molar-refractivity contribution in [1.82, 2.24) is 9.97 Å². The van der Waals surface area contributed by atoms with Crippen molar-refractivity contribution in [1.29, 1.82) is 0 Å². The number of benzene rings is 2. The quantitative estimate of drug-likeness (QED) is 0.511. The molecule has 2 aromatic carbocycles. The molecule has 3 aromatic rings. The summed E-state index contributed by atoms with van der Waals surface area (Å²) >= 11 is 0. The molecule has 3 rings (SSSR count). The van der Waals surface area contributed by atoms with Crippen LogP contribution in [0.2, 0.25) is 0 Å². The number of nitrogens with one attached hydrogen (secondary N) is 1. The van der Waals surface area contributed by atoms with E-state index in [0.29, 0.717) is 5.95 Å². The molecule has 0 fully saturated rings. The second kappa shape index (κ2) is 11.4. The largest absolute Gasteiger partial charge is 0.324 e. The molecule has 5 heteroatoms. The third-order valence-electron chi connectivity index (χ3n) is 3.69. The topological polar surface area (TPSA) is 54.9 Å². The van der Waals surface area contributed by atoms with E-state index in [4.69, 9.17) is 0 Å². The van der Waals surface area contributed by atoms with E-state index >= 15 is 0 Å². The standard InChI is InChI=1S/C19H20N3OP.2C2H6/c1-14-6-4-8-16(12-14)21-19-20-11-10-18(22-19)15-7-5-9-17(13-15)24(2,3)23;2*1-2/h4-13H,1-3H3,(H,20,21,22);2*1-2H3. The van der Waals surface area contributed by atoms with Crippen molar-refractivity contribution in [3.8, 4) is 11.3 Å². The predicted molar refractivity (Wildman–Crippen MR) is 124 cm³/mol. The molecule has 1 heterocycles. The SMILES string of the molecule is CC.CC.Cc1cccc(Nc2nccc(-c3cccc(P(C)(C)=O)c3)n2)c1. The Kier molecular flexibility index (Phi) is 9.61. The molecule has 0 aliphatic carbocycles. The van der Waals surface area contributed by atoms with Gasteiger partial charge in [0.2, 0.25) is 5.95 Å². The molecule has 0 saturated carbocycles. The molecule has 0 aliphatic heterocycles. The van der Waals surface area contributed by atoms with Crippen LogP contribution in [0.25, 0.3) is 11.3 Å². The lowest BCUT2D eigenvalue weighted by Gasteiger charge is -2.10. The zero-order valence-electron chi connectivity index (χ0n) is 18.0. The molecule has 0 bridgehead atoms. The lowest BCUT2D eigenvalue weighted by atomic mass is 10.1. The maximum Gasteiger partial charge on any atom is 0.227 e. The smallest absolute Gasteiger partial charge is 0.227 e. The first-order chi connectivity index (χ1) is 13.4. The lowest BCUT2D eigenvalue weighted by Crippen LogP contribution is -2.03. The van der Waals surface area contributed by atoms with Gasteiger partial charge in [0.25, 0.3) is 0 Å². The number of hydrogen-bond donors (Lipinski definition) is 1. The van der Waals surface area contributed by atoms with Gasteiger partial charge in [0.1, 0.15) is 7.14 Å². The molecule has 1 N–H and O–H groups in total. The normalized spacial score (nSPS) is 10.1. The van der Waals surface area contributed by atoms with Gasteiger partial charge < -0.3 is 9.88 Å². The minimum atomic E-state index is -2.30. The summed E-state index contributed by atoms with van der Waals surface area (Å²) in [6.07, 6.45) is 1.73. The van der Waals surface area contributed by atoms with Crippen molar-refractivity contribution in [3.05, 3.63) is 66.4 Å². The van der Waals surface area contributed by atoms with E-state index < -0.39 is 7.14 Å². The molecule has 4 nitrogen and oxygen atoms in total. The summed E-state index contributed by atoms with van der Waals surface area (Å²) in [6.45, 7) is 13.6. The van der Waals surface area contributed by atoms with Gasteiger partial charge in [-0.05, 0) is 50.1 Å². The van der Waals surface area contributed by atoms with Gasteiger partial charge in [-0.3, -0.25) is 0 Å². The van der Waals surface area contributed by atoms with Crippen LogP contribution >= 0.6 is 7.14 Å². The maximum atomic E-state index is 12.3. The molecule has 0 amide bonds. The first kappa shape index (κ1) is 23.6. The molecular formula is C23H32N3OP. The molecule has 0 spiro atoms. The van der Waals surface area contributed by atoms with Crippen LogP contribution in [-0.4, -0.2) is 23.3 Å². The number of rotatable bonds is 4. The Labute approximate surface area is 169 Å². The number of aryl methyl sites for hydroxylation is 1. The molecule has 28 heavy (non-hydrogen) atoms. The molecule has 1 aromatic heterocycles. The number of aromatic nitrogens is 2. The summed E-state index contributed by atoms with van der Waals surface area (Å²) in [7, 11) is -2.30. The highest BCUT2D eigenvalue weighted by Crippen LogP contribution is 2.35. The van der Waals surface area contributed by atoms with E-state index in [0.717, 1.165) is 22.2 Å². The molecular weight excluding hydrogens is 365 g/mol. The van der Waals surface area contributed by atoms with Crippen LogP contribution < -0.4 is 10.6 Å². The van der Waals surface area contributed by atoms with Crippen LogP contribution in [-0.2, 0) is 4.57 Å². The van der Waals surface area contributed by atoms with E-state index in [-0.39, 0.29) is 0 Å². The highest BCUT2D eigenvalue weighted by Gasteiger charge is 2.12. The van der Waals surface area contributed by atoms with Crippen LogP contribution in [0, 0.1) is 6.92 Å². The minimum Gasteiger partial charge on any atom is -0.324 e. The van der Waals surface area contributed by atoms with Crippen molar-refractivity contribution in [2.45, 2.75) is 34.6 Å². The fraction of sp³-hybridized carbons (Fsp3) is 0.304. The van der Waals surface area contributed by atoms with E-state index in [9.17, 15) is 4.57 Å². The molecule has 0 aliphatic rings. The molecule has 150 valence electrons. The van der Waals surface area contributed by atoms with Gasteiger partial charge in [0.05, 0.1) is 5.69 Å². The van der Waals surface area contributed by atoms with Gasteiger partial charge in [-0.2, -0.15) is 0 Å². The van der Waals surface area contributed by atoms with Crippen LogP contribution in [0.3, 0.4) is 0 Å². The predicted octanol–water partition coefficient (Wildman–Crippen LogP) is 6.50. The van der Waals surface area contributed by atoms with Crippen LogP contribution in [0.15, 0.2) is 60.8 Å². The minimum absolute atomic E-state index is 0.541. The van der Waals surface area contributed by atoms with Crippen molar-refractivity contribution in [2.24, 2.45) is 0 Å². The van der Waals surface area contributed by atoms with Crippen molar-refractivity contribution in [3.63, 3.8) is 0 Å². The van der Waals surface area contributed by atoms with Gasteiger partial charge in [0.15, 0.2) is 0 Å². The number of anilines is 2. The van der Waals surface area contributed by atoms with E-state index in [1.807, 2.05) is 89.2 Å². The van der Waals surface area contributed by atoms with Crippen LogP contribution in [0.1, 0.15) is 33.3 Å². The molecule has 0 atom stereocenters. The fourth-order valence-electron chi connectivity index (χ4n) is 2.43. The van der Waals surface area contributed by atoms with Gasteiger partial charge >= 0.3 is 0 Å². The van der Waals surface area contributed by atoms with Crippen molar-refractivity contribution < 1.29 is 4.57 Å². The summed E-state index contributed by atoms with van der Waals surface area (Å²) in [4.78, 5) is 8.86. The summed E-state index contributed by atoms with van der Waals surface area (Å²) in [6, 6.07) is 17.6. The zero-order chi connectivity index (χ0) is 21.2. The van der Waals surface area contributed by atoms with Crippen molar-refractivity contribution in [2.75, 3.05) is 18.6 Å². The zero-order valence-corrected chi connectivity index (χ0v) is 18.9. The van der Waals surface area contributed by atoms with Gasteiger partial charge in [0, 0.05) is 22.8 Å². The second-order valence-electron chi connectivity index (χ2n) is 6.16. The second-order valence-corrected chi connectivity index (χ2v) is 9.38. The Hall–Kier alpha value is -2.45. The summed E-state index contributed by atoms with van der Waals surface area (Å²) in [5.74, 6) is 0.541. The van der Waals surface area contributed by atoms with Crippen LogP contribution in [0.4, 0.5) is 11.6 Å². The highest BCUT2D eigenvalue weighted by atomic mass is 31.2. The van der Waals surface area contributed by atoms with E-state index in [1.165, 1.54) is 5.56 Å². The Morgan fingerprint density at radius 3 is 2.21 bits per heavy atom. The molecule has 0 unspecified atom stereocenters. The first-order valence-corrected chi connectivity index (χ1v) is 12.3. The Bertz CT molecular complexity index is 919. The molecule has 0 radical (unpaired) electrons. The summed E-state index contributed by atoms with van der Waals surface area (Å²) < 4.78 is 12.3. The van der Waals surface area contributed by atoms with Crippen LogP contribution in [0.5, 0.6) is 0 Å². The number of hydrogen-bond acceptors (Lipinski definition) is 4. The fourth-order valence-corrected chi connectivity index (χ4v) is 3.33. The average Bonchev–Trinajstić information content (AvgIpc) is 2.71. The van der Waals surface area contributed by atoms with Crippen molar-refractivity contribution >= 4 is 24.1 Å². The lowest BCUT2D eigenvalue weighted by molar-refractivity contribution is 0.588. The summed E-state index contributed by atoms with van der Waals surface area (Å²) in [5.41, 5.74) is 3.86. The van der Waals surface area contributed by atoms with Gasteiger partial charge in [-0.15, -0.1) is 0 Å².